The number of anilines is 1. The molecule has 0 aliphatic rings. The van der Waals surface area contributed by atoms with Gasteiger partial charge in [-0.2, -0.15) is 16.3 Å². The van der Waals surface area contributed by atoms with Crippen LogP contribution < -0.4 is 5.32 Å². The maximum atomic E-state index is 12.0. The zero-order valence-electron chi connectivity index (χ0n) is 13.0. The molecule has 1 aromatic carbocycles. The van der Waals surface area contributed by atoms with Crippen LogP contribution in [0.1, 0.15) is 23.4 Å². The lowest BCUT2D eigenvalue weighted by molar-refractivity contribution is -0.116. The largest absolute Gasteiger partial charge is 0.339 e. The third-order valence-electron chi connectivity index (χ3n) is 3.32. The van der Waals surface area contributed by atoms with E-state index >= 15 is 0 Å². The second-order valence-corrected chi connectivity index (χ2v) is 6.23. The fourth-order valence-corrected chi connectivity index (χ4v) is 2.99. The molecule has 0 saturated heterocycles. The van der Waals surface area contributed by atoms with E-state index in [1.54, 1.807) is 11.3 Å². The first-order chi connectivity index (χ1) is 11.1. The molecule has 3 rings (SSSR count). The maximum absolute atomic E-state index is 12.0. The highest BCUT2D eigenvalue weighted by atomic mass is 32.1. The molecule has 0 atom stereocenters. The van der Waals surface area contributed by atoms with Crippen LogP contribution in [0.15, 0.2) is 39.5 Å². The number of carbonyl (C=O) groups is 1. The molecule has 0 saturated carbocycles. The standard InChI is InChI=1S/C17H17N3O2S/c1-11-7-12(2)9-14(8-11)18-15(21)3-4-16-19-17(20-22-16)13-5-6-23-10-13/h5-10H,3-4H2,1-2H3,(H,18,21). The highest BCUT2D eigenvalue weighted by Gasteiger charge is 2.11. The minimum atomic E-state index is -0.0646. The Labute approximate surface area is 138 Å². The molecule has 0 bridgehead atoms. The number of thiophene rings is 1. The van der Waals surface area contributed by atoms with E-state index in [4.69, 9.17) is 4.52 Å². The van der Waals surface area contributed by atoms with Crippen molar-refractivity contribution >= 4 is 22.9 Å². The maximum Gasteiger partial charge on any atom is 0.227 e. The second-order valence-electron chi connectivity index (χ2n) is 5.45. The van der Waals surface area contributed by atoms with E-state index in [1.807, 2.05) is 42.8 Å². The van der Waals surface area contributed by atoms with E-state index < -0.39 is 0 Å². The van der Waals surface area contributed by atoms with E-state index in [0.717, 1.165) is 22.4 Å². The molecule has 5 nitrogen and oxygen atoms in total. The van der Waals surface area contributed by atoms with Gasteiger partial charge in [0.1, 0.15) is 0 Å². The summed E-state index contributed by atoms with van der Waals surface area (Å²) in [5.41, 5.74) is 4.00. The van der Waals surface area contributed by atoms with Gasteiger partial charge in [0.05, 0.1) is 0 Å². The summed E-state index contributed by atoms with van der Waals surface area (Å²) < 4.78 is 5.19. The molecule has 0 unspecified atom stereocenters. The molecular formula is C17H17N3O2S. The minimum absolute atomic E-state index is 0.0646. The number of nitrogens with one attached hydrogen (secondary N) is 1. The Bertz CT molecular complexity index is 789. The van der Waals surface area contributed by atoms with Gasteiger partial charge in [-0.05, 0) is 48.6 Å². The summed E-state index contributed by atoms with van der Waals surface area (Å²) >= 11 is 1.58. The number of hydrogen-bond donors (Lipinski definition) is 1. The summed E-state index contributed by atoms with van der Waals surface area (Å²) in [4.78, 5) is 16.4. The van der Waals surface area contributed by atoms with Crippen LogP contribution in [-0.4, -0.2) is 16.0 Å². The number of rotatable bonds is 5. The summed E-state index contributed by atoms with van der Waals surface area (Å²) in [7, 11) is 0. The fourth-order valence-electron chi connectivity index (χ4n) is 2.36. The summed E-state index contributed by atoms with van der Waals surface area (Å²) in [5, 5.41) is 10.8. The zero-order chi connectivity index (χ0) is 16.2. The average molecular weight is 327 g/mol. The topological polar surface area (TPSA) is 68.0 Å². The van der Waals surface area contributed by atoms with Crippen LogP contribution in [-0.2, 0) is 11.2 Å². The smallest absolute Gasteiger partial charge is 0.227 e. The number of hydrogen-bond acceptors (Lipinski definition) is 5. The van der Waals surface area contributed by atoms with Crippen molar-refractivity contribution in [1.82, 2.24) is 10.1 Å². The van der Waals surface area contributed by atoms with Gasteiger partial charge in [-0.1, -0.05) is 11.2 Å². The van der Waals surface area contributed by atoms with Gasteiger partial charge in [-0.3, -0.25) is 4.79 Å². The number of aryl methyl sites for hydroxylation is 3. The van der Waals surface area contributed by atoms with Gasteiger partial charge in [0.2, 0.25) is 17.6 Å². The second kappa shape index (κ2) is 6.75. The first-order valence-corrected chi connectivity index (χ1v) is 8.28. The number of carbonyl (C=O) groups excluding carboxylic acids is 1. The molecule has 0 radical (unpaired) electrons. The molecule has 0 aliphatic carbocycles. The molecule has 2 heterocycles. The van der Waals surface area contributed by atoms with Crippen LogP contribution >= 0.6 is 11.3 Å². The number of amides is 1. The third kappa shape index (κ3) is 4.04. The van der Waals surface area contributed by atoms with Crippen molar-refractivity contribution in [2.75, 3.05) is 5.32 Å². The van der Waals surface area contributed by atoms with Crippen molar-refractivity contribution in [1.29, 1.82) is 0 Å². The van der Waals surface area contributed by atoms with Gasteiger partial charge in [0.25, 0.3) is 0 Å². The number of benzene rings is 1. The van der Waals surface area contributed by atoms with Crippen molar-refractivity contribution < 1.29 is 9.32 Å². The van der Waals surface area contributed by atoms with Crippen molar-refractivity contribution in [2.24, 2.45) is 0 Å². The normalized spacial score (nSPS) is 10.7. The Morgan fingerprint density at radius 1 is 1.26 bits per heavy atom. The summed E-state index contributed by atoms with van der Waals surface area (Å²) in [5.74, 6) is 0.975. The van der Waals surface area contributed by atoms with Crippen LogP contribution in [0.4, 0.5) is 5.69 Å². The van der Waals surface area contributed by atoms with Gasteiger partial charge in [0, 0.05) is 29.5 Å². The van der Waals surface area contributed by atoms with Crippen molar-refractivity contribution in [3.63, 3.8) is 0 Å². The highest BCUT2D eigenvalue weighted by Crippen LogP contribution is 2.19. The summed E-state index contributed by atoms with van der Waals surface area (Å²) in [6, 6.07) is 7.91. The van der Waals surface area contributed by atoms with Gasteiger partial charge >= 0.3 is 0 Å². The predicted molar refractivity (Wildman–Crippen MR) is 90.5 cm³/mol. The Hall–Kier alpha value is -2.47. The highest BCUT2D eigenvalue weighted by molar-refractivity contribution is 7.08. The molecule has 3 aromatic rings. The first-order valence-electron chi connectivity index (χ1n) is 7.33. The van der Waals surface area contributed by atoms with Crippen molar-refractivity contribution in [3.05, 3.63) is 52.0 Å². The van der Waals surface area contributed by atoms with Crippen LogP contribution in [0.2, 0.25) is 0 Å². The van der Waals surface area contributed by atoms with Gasteiger partial charge in [-0.15, -0.1) is 0 Å². The number of nitrogens with zero attached hydrogens (tertiary/aromatic N) is 2. The lowest BCUT2D eigenvalue weighted by Gasteiger charge is -2.06. The van der Waals surface area contributed by atoms with E-state index in [-0.39, 0.29) is 5.91 Å². The molecule has 1 amide bonds. The van der Waals surface area contributed by atoms with Crippen LogP contribution in [0, 0.1) is 13.8 Å². The Balaban J connectivity index is 1.57. The predicted octanol–water partition coefficient (Wildman–Crippen LogP) is 3.99. The van der Waals surface area contributed by atoms with Crippen molar-refractivity contribution in [2.45, 2.75) is 26.7 Å². The van der Waals surface area contributed by atoms with E-state index in [1.165, 1.54) is 0 Å². The molecule has 118 valence electrons. The molecule has 2 aromatic heterocycles. The van der Waals surface area contributed by atoms with Crippen LogP contribution in [0.25, 0.3) is 11.4 Å². The van der Waals surface area contributed by atoms with Gasteiger partial charge in [-0.25, -0.2) is 0 Å². The fraction of sp³-hybridized carbons (Fsp3) is 0.235. The summed E-state index contributed by atoms with van der Waals surface area (Å²) in [6.07, 6.45) is 0.728. The quantitative estimate of drug-likeness (QED) is 0.769. The molecule has 0 aliphatic heterocycles. The molecule has 1 N–H and O–H groups in total. The van der Waals surface area contributed by atoms with Gasteiger partial charge < -0.3 is 9.84 Å². The molecule has 0 fully saturated rings. The van der Waals surface area contributed by atoms with Crippen LogP contribution in [0.3, 0.4) is 0 Å². The van der Waals surface area contributed by atoms with Crippen LogP contribution in [0.5, 0.6) is 0 Å². The Kier molecular flexibility index (Phi) is 4.52. The molecule has 23 heavy (non-hydrogen) atoms. The van der Waals surface area contributed by atoms with E-state index in [2.05, 4.69) is 21.5 Å². The lowest BCUT2D eigenvalue weighted by atomic mass is 10.1. The minimum Gasteiger partial charge on any atom is -0.339 e. The Morgan fingerprint density at radius 2 is 2.04 bits per heavy atom. The molecular weight excluding hydrogens is 310 g/mol. The van der Waals surface area contributed by atoms with Gasteiger partial charge in [0.15, 0.2) is 0 Å². The number of aromatic nitrogens is 2. The average Bonchev–Trinajstić information content (AvgIpc) is 3.15. The zero-order valence-corrected chi connectivity index (χ0v) is 13.8. The SMILES string of the molecule is Cc1cc(C)cc(NC(=O)CCc2nc(-c3ccsc3)no2)c1. The Morgan fingerprint density at radius 3 is 2.74 bits per heavy atom. The molecule has 6 heteroatoms. The van der Waals surface area contributed by atoms with Crippen molar-refractivity contribution in [3.8, 4) is 11.4 Å². The third-order valence-corrected chi connectivity index (χ3v) is 4.00. The monoisotopic (exact) mass is 327 g/mol. The van der Waals surface area contributed by atoms with E-state index in [9.17, 15) is 4.79 Å². The summed E-state index contributed by atoms with van der Waals surface area (Å²) in [6.45, 7) is 4.01. The van der Waals surface area contributed by atoms with E-state index in [0.29, 0.717) is 24.6 Å². The first kappa shape index (κ1) is 15.4. The lowest BCUT2D eigenvalue weighted by Crippen LogP contribution is -2.12. The molecule has 0 spiro atoms.